The molecule has 1 aliphatic carbocycles. The number of carbonyl (C=O) groups excluding carboxylic acids is 2. The fourth-order valence-electron chi connectivity index (χ4n) is 3.51. The van der Waals surface area contributed by atoms with Gasteiger partial charge in [-0.1, -0.05) is 21.5 Å². The first-order valence-electron chi connectivity index (χ1n) is 7.96. The van der Waals surface area contributed by atoms with E-state index in [0.717, 1.165) is 21.2 Å². The van der Waals surface area contributed by atoms with Gasteiger partial charge in [0.15, 0.2) is 17.3 Å². The van der Waals surface area contributed by atoms with Crippen LogP contribution in [-0.4, -0.2) is 24.9 Å². The van der Waals surface area contributed by atoms with E-state index < -0.39 is 5.92 Å². The molecule has 1 aromatic rings. The number of fused-ring (bicyclic) bond motifs is 1. The third-order valence-corrected chi connectivity index (χ3v) is 5.29. The molecule has 1 heterocycles. The summed E-state index contributed by atoms with van der Waals surface area (Å²) in [6.07, 6.45) is 3.51. The molecule has 2 atom stereocenters. The Hall–Kier alpha value is -1.82. The number of rotatable bonds is 2. The molecule has 0 spiro atoms. The summed E-state index contributed by atoms with van der Waals surface area (Å²) in [6, 6.07) is 1.81. The molecule has 0 radical (unpaired) electrons. The van der Waals surface area contributed by atoms with E-state index in [1.165, 1.54) is 0 Å². The van der Waals surface area contributed by atoms with Gasteiger partial charge in [0, 0.05) is 22.9 Å². The van der Waals surface area contributed by atoms with Crippen LogP contribution in [0.15, 0.2) is 22.2 Å². The maximum Gasteiger partial charge on any atom is 0.225 e. The highest BCUT2D eigenvalue weighted by Gasteiger charge is 2.35. The van der Waals surface area contributed by atoms with Gasteiger partial charge >= 0.3 is 0 Å². The van der Waals surface area contributed by atoms with Gasteiger partial charge in [-0.2, -0.15) is 0 Å². The molecule has 24 heavy (non-hydrogen) atoms. The van der Waals surface area contributed by atoms with E-state index in [9.17, 15) is 9.59 Å². The lowest BCUT2D eigenvalue weighted by atomic mass is 9.87. The van der Waals surface area contributed by atoms with Crippen LogP contribution in [0.3, 0.4) is 0 Å². The van der Waals surface area contributed by atoms with Crippen molar-refractivity contribution >= 4 is 27.6 Å². The summed E-state index contributed by atoms with van der Waals surface area (Å²) in [6.45, 7) is 1.91. The third kappa shape index (κ3) is 3.07. The van der Waals surface area contributed by atoms with Crippen molar-refractivity contribution in [2.24, 2.45) is 5.73 Å². The second-order valence-corrected chi connectivity index (χ2v) is 7.24. The minimum atomic E-state index is -0.432. The Kier molecular flexibility index (Phi) is 4.67. The SMILES string of the molecule is COc1cc(Br)c2c3c1OC(CC(=O)C=C(C)CCC2C(N)=O)C3. The number of hydrogen-bond acceptors (Lipinski definition) is 4. The molecule has 0 aromatic heterocycles. The quantitative estimate of drug-likeness (QED) is 0.837. The monoisotopic (exact) mass is 393 g/mol. The maximum absolute atomic E-state index is 12.2. The third-order valence-electron chi connectivity index (χ3n) is 4.63. The Morgan fingerprint density at radius 1 is 1.42 bits per heavy atom. The number of nitrogens with two attached hydrogens (primary N) is 1. The number of methoxy groups -OCH3 is 1. The number of hydrogen-bond donors (Lipinski definition) is 1. The number of primary amides is 1. The van der Waals surface area contributed by atoms with Crippen LogP contribution in [-0.2, 0) is 16.0 Å². The zero-order valence-corrected chi connectivity index (χ0v) is 15.3. The first-order valence-corrected chi connectivity index (χ1v) is 8.75. The molecule has 2 aliphatic rings. The highest BCUT2D eigenvalue weighted by Crippen LogP contribution is 2.47. The topological polar surface area (TPSA) is 78.6 Å². The van der Waals surface area contributed by atoms with Crippen molar-refractivity contribution in [3.63, 3.8) is 0 Å². The van der Waals surface area contributed by atoms with E-state index >= 15 is 0 Å². The molecular weight excluding hydrogens is 374 g/mol. The van der Waals surface area contributed by atoms with E-state index in [1.54, 1.807) is 13.2 Å². The largest absolute Gasteiger partial charge is 0.493 e. The number of ketones is 1. The summed E-state index contributed by atoms with van der Waals surface area (Å²) < 4.78 is 12.2. The molecule has 1 aromatic carbocycles. The van der Waals surface area contributed by atoms with Crippen molar-refractivity contribution < 1.29 is 19.1 Å². The fourth-order valence-corrected chi connectivity index (χ4v) is 4.24. The first-order chi connectivity index (χ1) is 11.4. The first kappa shape index (κ1) is 17.0. The van der Waals surface area contributed by atoms with Crippen molar-refractivity contribution in [2.45, 2.75) is 44.6 Å². The highest BCUT2D eigenvalue weighted by molar-refractivity contribution is 9.10. The second-order valence-electron chi connectivity index (χ2n) is 6.38. The minimum absolute atomic E-state index is 0.0439. The standard InChI is InChI=1S/C18H20BrNO4/c1-9-3-4-12(18(20)22)16-13-7-11(6-10(21)5-9)24-17(13)15(23-2)8-14(16)19/h5,8,11-12H,3-4,6-7H2,1-2H3,(H2,20,22). The molecule has 0 fully saturated rings. The number of ether oxygens (including phenoxy) is 2. The number of amides is 1. The van der Waals surface area contributed by atoms with E-state index in [1.807, 2.05) is 13.0 Å². The molecule has 5 nitrogen and oxygen atoms in total. The van der Waals surface area contributed by atoms with Gasteiger partial charge in [0.25, 0.3) is 0 Å². The van der Waals surface area contributed by atoms with Gasteiger partial charge in [-0.05, 0) is 37.5 Å². The lowest BCUT2D eigenvalue weighted by molar-refractivity contribution is -0.119. The van der Waals surface area contributed by atoms with Crippen LogP contribution in [0.2, 0.25) is 0 Å². The van der Waals surface area contributed by atoms with Crippen LogP contribution < -0.4 is 15.2 Å². The maximum atomic E-state index is 12.2. The van der Waals surface area contributed by atoms with E-state index in [0.29, 0.717) is 37.2 Å². The minimum Gasteiger partial charge on any atom is -0.493 e. The summed E-state index contributed by atoms with van der Waals surface area (Å²) >= 11 is 3.56. The number of carbonyl (C=O) groups is 2. The predicted octanol–water partition coefficient (Wildman–Crippen LogP) is 3.03. The van der Waals surface area contributed by atoms with E-state index in [4.69, 9.17) is 15.2 Å². The zero-order valence-electron chi connectivity index (χ0n) is 13.7. The van der Waals surface area contributed by atoms with Gasteiger partial charge < -0.3 is 15.2 Å². The smallest absolute Gasteiger partial charge is 0.225 e. The summed E-state index contributed by atoms with van der Waals surface area (Å²) in [5, 5.41) is 0. The average Bonchev–Trinajstić information content (AvgIpc) is 2.89. The van der Waals surface area contributed by atoms with Crippen LogP contribution in [0.1, 0.15) is 43.2 Å². The highest BCUT2D eigenvalue weighted by atomic mass is 79.9. The van der Waals surface area contributed by atoms with Crippen molar-refractivity contribution in [3.05, 3.63) is 33.3 Å². The molecule has 2 bridgehead atoms. The van der Waals surface area contributed by atoms with Crippen molar-refractivity contribution in [2.75, 3.05) is 7.11 Å². The van der Waals surface area contributed by atoms with Gasteiger partial charge in [0.2, 0.25) is 5.91 Å². The average molecular weight is 394 g/mol. The summed E-state index contributed by atoms with van der Waals surface area (Å²) in [5.74, 6) is 0.467. The zero-order chi connectivity index (χ0) is 17.4. The van der Waals surface area contributed by atoms with Gasteiger partial charge in [-0.15, -0.1) is 0 Å². The summed E-state index contributed by atoms with van der Waals surface area (Å²) in [4.78, 5) is 24.3. The molecule has 6 heteroatoms. The molecule has 1 amide bonds. The molecule has 2 N–H and O–H groups in total. The second kappa shape index (κ2) is 6.59. The van der Waals surface area contributed by atoms with Crippen LogP contribution in [0.4, 0.5) is 0 Å². The molecule has 2 unspecified atom stereocenters. The van der Waals surface area contributed by atoms with Gasteiger partial charge in [0.05, 0.1) is 13.0 Å². The Balaban J connectivity index is 2.17. The molecule has 0 saturated heterocycles. The van der Waals surface area contributed by atoms with Gasteiger partial charge in [0.1, 0.15) is 6.10 Å². The molecule has 128 valence electrons. The summed E-state index contributed by atoms with van der Waals surface area (Å²) in [7, 11) is 1.57. The Morgan fingerprint density at radius 2 is 2.17 bits per heavy atom. The Morgan fingerprint density at radius 3 is 2.83 bits per heavy atom. The number of benzene rings is 1. The van der Waals surface area contributed by atoms with Crippen LogP contribution in [0.25, 0.3) is 0 Å². The number of allylic oxidation sites excluding steroid dienone is 2. The van der Waals surface area contributed by atoms with E-state index in [-0.39, 0.29) is 17.8 Å². The van der Waals surface area contributed by atoms with Crippen LogP contribution in [0, 0.1) is 0 Å². The Labute approximate surface area is 149 Å². The van der Waals surface area contributed by atoms with Gasteiger partial charge in [-0.3, -0.25) is 9.59 Å². The lowest BCUT2D eigenvalue weighted by Crippen LogP contribution is -2.23. The Bertz CT molecular complexity index is 741. The fraction of sp³-hybridized carbons (Fsp3) is 0.444. The lowest BCUT2D eigenvalue weighted by Gasteiger charge is -2.20. The number of halogens is 1. The van der Waals surface area contributed by atoms with Crippen molar-refractivity contribution in [1.29, 1.82) is 0 Å². The molecule has 1 aliphatic heterocycles. The van der Waals surface area contributed by atoms with Crippen LogP contribution >= 0.6 is 15.9 Å². The van der Waals surface area contributed by atoms with Crippen molar-refractivity contribution in [3.8, 4) is 11.5 Å². The van der Waals surface area contributed by atoms with Crippen molar-refractivity contribution in [1.82, 2.24) is 0 Å². The molecule has 3 rings (SSSR count). The predicted molar refractivity (Wildman–Crippen MR) is 93.4 cm³/mol. The van der Waals surface area contributed by atoms with Crippen LogP contribution in [0.5, 0.6) is 11.5 Å². The van der Waals surface area contributed by atoms with Gasteiger partial charge in [-0.25, -0.2) is 0 Å². The molecule has 0 saturated carbocycles. The molecular formula is C18H20BrNO4. The summed E-state index contributed by atoms with van der Waals surface area (Å²) in [5.41, 5.74) is 8.43. The van der Waals surface area contributed by atoms with E-state index in [2.05, 4.69) is 15.9 Å². The normalized spacial score (nSPS) is 23.1.